The Balaban J connectivity index is 2.85. The first-order chi connectivity index (χ1) is 8.19. The molecule has 0 aliphatic carbocycles. The number of unbranched alkanes of at least 4 members (excludes halogenated alkanes) is 1. The molecule has 1 rings (SSSR count). The second kappa shape index (κ2) is 6.94. The van der Waals surface area contributed by atoms with E-state index in [0.717, 1.165) is 24.2 Å². The molecule has 3 nitrogen and oxygen atoms in total. The highest BCUT2D eigenvalue weighted by Gasteiger charge is 2.11. The predicted molar refractivity (Wildman–Crippen MR) is 67.8 cm³/mol. The van der Waals surface area contributed by atoms with Crippen LogP contribution >= 0.6 is 0 Å². The second-order valence-electron chi connectivity index (χ2n) is 4.03. The van der Waals surface area contributed by atoms with E-state index in [2.05, 4.69) is 6.92 Å². The number of carbonyl (C=O) groups is 1. The minimum Gasteiger partial charge on any atom is -0.493 e. The van der Waals surface area contributed by atoms with Crippen LogP contribution in [0.15, 0.2) is 18.2 Å². The Morgan fingerprint density at radius 3 is 2.71 bits per heavy atom. The Kier molecular flexibility index (Phi) is 5.53. The zero-order chi connectivity index (χ0) is 12.7. The van der Waals surface area contributed by atoms with Crippen molar-refractivity contribution in [2.45, 2.75) is 33.1 Å². The average molecular weight is 236 g/mol. The van der Waals surface area contributed by atoms with Gasteiger partial charge in [0.25, 0.3) is 0 Å². The standard InChI is InChI=1S/C14H20O3/c1-4-5-9-17-13-8-6-7-12(10-11(2)15)14(13)16-3/h6-8H,4-5,9-10H2,1-3H3. The Morgan fingerprint density at radius 1 is 1.35 bits per heavy atom. The highest BCUT2D eigenvalue weighted by atomic mass is 16.5. The lowest BCUT2D eigenvalue weighted by Crippen LogP contribution is -2.03. The maximum atomic E-state index is 11.2. The van der Waals surface area contributed by atoms with E-state index < -0.39 is 0 Å². The van der Waals surface area contributed by atoms with Gasteiger partial charge in [-0.15, -0.1) is 0 Å². The van der Waals surface area contributed by atoms with Crippen molar-refractivity contribution in [3.05, 3.63) is 23.8 Å². The highest BCUT2D eigenvalue weighted by Crippen LogP contribution is 2.31. The van der Waals surface area contributed by atoms with Gasteiger partial charge in [0.05, 0.1) is 13.7 Å². The minimum atomic E-state index is 0.119. The molecule has 17 heavy (non-hydrogen) atoms. The molecule has 0 heterocycles. The van der Waals surface area contributed by atoms with Gasteiger partial charge in [-0.1, -0.05) is 25.5 Å². The van der Waals surface area contributed by atoms with Crippen molar-refractivity contribution >= 4 is 5.78 Å². The second-order valence-corrected chi connectivity index (χ2v) is 4.03. The molecule has 0 spiro atoms. The Morgan fingerprint density at radius 2 is 2.12 bits per heavy atom. The van der Waals surface area contributed by atoms with E-state index in [1.807, 2.05) is 18.2 Å². The van der Waals surface area contributed by atoms with Gasteiger partial charge >= 0.3 is 0 Å². The fourth-order valence-electron chi connectivity index (χ4n) is 1.64. The van der Waals surface area contributed by atoms with Crippen LogP contribution in [0.3, 0.4) is 0 Å². The molecule has 0 bridgehead atoms. The minimum absolute atomic E-state index is 0.119. The Hall–Kier alpha value is -1.51. The van der Waals surface area contributed by atoms with E-state index in [-0.39, 0.29) is 5.78 Å². The molecule has 1 aromatic rings. The van der Waals surface area contributed by atoms with Gasteiger partial charge in [-0.25, -0.2) is 0 Å². The number of hydrogen-bond acceptors (Lipinski definition) is 3. The molecule has 0 aliphatic rings. The average Bonchev–Trinajstić information content (AvgIpc) is 2.29. The molecule has 0 aromatic heterocycles. The molecule has 0 N–H and O–H groups in total. The van der Waals surface area contributed by atoms with Crippen LogP contribution in [-0.4, -0.2) is 19.5 Å². The van der Waals surface area contributed by atoms with Crippen LogP contribution in [0, 0.1) is 0 Å². The maximum absolute atomic E-state index is 11.2. The molecule has 0 amide bonds. The molecule has 0 saturated carbocycles. The normalized spacial score (nSPS) is 10.1. The molecule has 0 aliphatic heterocycles. The number of para-hydroxylation sites is 1. The van der Waals surface area contributed by atoms with Crippen LogP contribution in [-0.2, 0) is 11.2 Å². The molecule has 0 fully saturated rings. The van der Waals surface area contributed by atoms with Gasteiger partial charge in [-0.2, -0.15) is 0 Å². The summed E-state index contributed by atoms with van der Waals surface area (Å²) < 4.78 is 11.0. The van der Waals surface area contributed by atoms with Crippen LogP contribution in [0.25, 0.3) is 0 Å². The van der Waals surface area contributed by atoms with E-state index in [0.29, 0.717) is 18.8 Å². The van der Waals surface area contributed by atoms with Crippen LogP contribution in [0.1, 0.15) is 32.3 Å². The summed E-state index contributed by atoms with van der Waals surface area (Å²) in [7, 11) is 1.60. The first kappa shape index (κ1) is 13.6. The number of ketones is 1. The molecular weight excluding hydrogens is 216 g/mol. The van der Waals surface area contributed by atoms with Crippen LogP contribution in [0.2, 0.25) is 0 Å². The first-order valence-corrected chi connectivity index (χ1v) is 5.97. The van der Waals surface area contributed by atoms with Crippen LogP contribution in [0.5, 0.6) is 11.5 Å². The van der Waals surface area contributed by atoms with Gasteiger partial charge < -0.3 is 9.47 Å². The number of Topliss-reactive ketones (excluding diaryl/α,β-unsaturated/α-hetero) is 1. The smallest absolute Gasteiger partial charge is 0.164 e. The van der Waals surface area contributed by atoms with E-state index in [1.165, 1.54) is 0 Å². The van der Waals surface area contributed by atoms with Crippen LogP contribution in [0.4, 0.5) is 0 Å². The lowest BCUT2D eigenvalue weighted by atomic mass is 10.1. The predicted octanol–water partition coefficient (Wildman–Crippen LogP) is 3.01. The van der Waals surface area contributed by atoms with Gasteiger partial charge in [-0.05, 0) is 19.4 Å². The molecule has 0 saturated heterocycles. The number of rotatable bonds is 7. The quantitative estimate of drug-likeness (QED) is 0.683. The van der Waals surface area contributed by atoms with Crippen molar-refractivity contribution in [2.24, 2.45) is 0 Å². The zero-order valence-electron chi connectivity index (χ0n) is 10.8. The summed E-state index contributed by atoms with van der Waals surface area (Å²) in [5.74, 6) is 1.52. The summed E-state index contributed by atoms with van der Waals surface area (Å²) >= 11 is 0. The van der Waals surface area contributed by atoms with E-state index in [4.69, 9.17) is 9.47 Å². The third-order valence-electron chi connectivity index (χ3n) is 2.46. The van der Waals surface area contributed by atoms with Gasteiger partial charge in [-0.3, -0.25) is 4.79 Å². The highest BCUT2D eigenvalue weighted by molar-refractivity contribution is 5.79. The summed E-state index contributed by atoms with van der Waals surface area (Å²) in [6.07, 6.45) is 2.49. The topological polar surface area (TPSA) is 35.5 Å². The molecule has 0 radical (unpaired) electrons. The van der Waals surface area contributed by atoms with Gasteiger partial charge in [0.2, 0.25) is 0 Å². The Bertz CT molecular complexity index is 372. The molecule has 94 valence electrons. The van der Waals surface area contributed by atoms with E-state index >= 15 is 0 Å². The van der Waals surface area contributed by atoms with Crippen molar-refractivity contribution < 1.29 is 14.3 Å². The SMILES string of the molecule is CCCCOc1cccc(CC(C)=O)c1OC. The van der Waals surface area contributed by atoms with Gasteiger partial charge in [0.15, 0.2) is 11.5 Å². The van der Waals surface area contributed by atoms with Crippen molar-refractivity contribution in [1.29, 1.82) is 0 Å². The van der Waals surface area contributed by atoms with Crippen molar-refractivity contribution in [2.75, 3.05) is 13.7 Å². The molecule has 3 heteroatoms. The number of methoxy groups -OCH3 is 1. The fourth-order valence-corrected chi connectivity index (χ4v) is 1.64. The summed E-state index contributed by atoms with van der Waals surface area (Å²) in [5.41, 5.74) is 0.883. The maximum Gasteiger partial charge on any atom is 0.164 e. The van der Waals surface area contributed by atoms with E-state index in [9.17, 15) is 4.79 Å². The summed E-state index contributed by atoms with van der Waals surface area (Å²) in [5, 5.41) is 0. The summed E-state index contributed by atoms with van der Waals surface area (Å²) in [4.78, 5) is 11.2. The zero-order valence-corrected chi connectivity index (χ0v) is 10.8. The summed E-state index contributed by atoms with van der Waals surface area (Å²) in [6, 6.07) is 5.66. The lowest BCUT2D eigenvalue weighted by molar-refractivity contribution is -0.116. The third-order valence-corrected chi connectivity index (χ3v) is 2.46. The third kappa shape index (κ3) is 4.10. The largest absolute Gasteiger partial charge is 0.493 e. The lowest BCUT2D eigenvalue weighted by Gasteiger charge is -2.13. The molecule has 1 aromatic carbocycles. The molecule has 0 atom stereocenters. The number of hydrogen-bond donors (Lipinski definition) is 0. The molecular formula is C14H20O3. The van der Waals surface area contributed by atoms with Crippen molar-refractivity contribution in [3.63, 3.8) is 0 Å². The Labute approximate surface area is 103 Å². The first-order valence-electron chi connectivity index (χ1n) is 5.97. The van der Waals surface area contributed by atoms with Gasteiger partial charge in [0, 0.05) is 12.0 Å². The summed E-state index contributed by atoms with van der Waals surface area (Å²) in [6.45, 7) is 4.37. The van der Waals surface area contributed by atoms with Crippen molar-refractivity contribution in [1.82, 2.24) is 0 Å². The van der Waals surface area contributed by atoms with E-state index in [1.54, 1.807) is 14.0 Å². The van der Waals surface area contributed by atoms with Crippen LogP contribution < -0.4 is 9.47 Å². The van der Waals surface area contributed by atoms with Gasteiger partial charge in [0.1, 0.15) is 5.78 Å². The van der Waals surface area contributed by atoms with Crippen molar-refractivity contribution in [3.8, 4) is 11.5 Å². The monoisotopic (exact) mass is 236 g/mol. The number of benzene rings is 1. The fraction of sp³-hybridized carbons (Fsp3) is 0.500. The molecule has 0 unspecified atom stereocenters. The number of carbonyl (C=O) groups excluding carboxylic acids is 1. The number of ether oxygens (including phenoxy) is 2.